The Morgan fingerprint density at radius 2 is 1.79 bits per heavy atom. The van der Waals surface area contributed by atoms with E-state index in [-0.39, 0.29) is 23.5 Å². The monoisotopic (exact) mass is 480 g/mol. The summed E-state index contributed by atoms with van der Waals surface area (Å²) in [5.41, 5.74) is 2.78. The number of nitrogens with zero attached hydrogens (tertiary/aromatic N) is 1. The highest BCUT2D eigenvalue weighted by Crippen LogP contribution is 2.39. The second-order valence-corrected chi connectivity index (χ2v) is 10.2. The highest BCUT2D eigenvalue weighted by molar-refractivity contribution is 8.14. The van der Waals surface area contributed by atoms with Gasteiger partial charge in [-0.15, -0.1) is 0 Å². The molecule has 8 heteroatoms. The van der Waals surface area contributed by atoms with Gasteiger partial charge in [-0.05, 0) is 42.4 Å². The summed E-state index contributed by atoms with van der Waals surface area (Å²) in [5.74, 6) is -1.81. The van der Waals surface area contributed by atoms with Crippen LogP contribution in [0.25, 0.3) is 0 Å². The van der Waals surface area contributed by atoms with Crippen LogP contribution in [0.2, 0.25) is 0 Å². The van der Waals surface area contributed by atoms with Gasteiger partial charge in [0.05, 0.1) is 11.3 Å². The Kier molecular flexibility index (Phi) is 7.36. The number of carbonyl (C=O) groups excluding carboxylic acids is 3. The number of fused-ring (bicyclic) bond motifs is 3. The lowest BCUT2D eigenvalue weighted by molar-refractivity contribution is -0.156. The smallest absolute Gasteiger partial charge is 0.326 e. The predicted molar refractivity (Wildman–Crippen MR) is 129 cm³/mol. The third kappa shape index (κ3) is 5.17. The molecule has 0 aromatic heterocycles. The van der Waals surface area contributed by atoms with Crippen LogP contribution in [0, 0.1) is 0 Å². The van der Waals surface area contributed by atoms with Crippen molar-refractivity contribution in [2.24, 2.45) is 0 Å². The molecule has 34 heavy (non-hydrogen) atoms. The molecule has 2 N–H and O–H groups in total. The number of aliphatic carboxylic acids is 1. The Hall–Kier alpha value is -3.13. The molecule has 0 spiro atoms. The van der Waals surface area contributed by atoms with E-state index in [1.54, 1.807) is 0 Å². The third-order valence-corrected chi connectivity index (χ3v) is 7.48. The first-order valence-electron chi connectivity index (χ1n) is 11.5. The number of benzene rings is 2. The second kappa shape index (κ2) is 10.4. The molecular weight excluding hydrogens is 452 g/mol. The summed E-state index contributed by atoms with van der Waals surface area (Å²) >= 11 is 0.941. The Labute approximate surface area is 202 Å². The first kappa shape index (κ1) is 24.0. The largest absolute Gasteiger partial charge is 0.480 e. The number of hydrogen-bond acceptors (Lipinski definition) is 5. The van der Waals surface area contributed by atoms with Crippen LogP contribution in [0.4, 0.5) is 0 Å². The van der Waals surface area contributed by atoms with E-state index in [2.05, 4.69) is 5.32 Å². The maximum Gasteiger partial charge on any atom is 0.326 e. The van der Waals surface area contributed by atoms with Crippen molar-refractivity contribution in [3.05, 3.63) is 71.3 Å². The van der Waals surface area contributed by atoms with Crippen LogP contribution in [0.1, 0.15) is 48.9 Å². The quantitative estimate of drug-likeness (QED) is 0.659. The summed E-state index contributed by atoms with van der Waals surface area (Å²) < 4.78 is 0. The number of nitrogens with one attached hydrogen (secondary N) is 1. The molecule has 4 atom stereocenters. The van der Waals surface area contributed by atoms with Crippen molar-refractivity contribution in [2.45, 2.75) is 62.4 Å². The van der Waals surface area contributed by atoms with E-state index in [1.165, 1.54) is 11.8 Å². The fourth-order valence-corrected chi connectivity index (χ4v) is 5.83. The molecular formula is C26H28N2O5S. The average molecular weight is 481 g/mol. The van der Waals surface area contributed by atoms with E-state index in [9.17, 15) is 24.3 Å². The van der Waals surface area contributed by atoms with Crippen LogP contribution in [0.5, 0.6) is 0 Å². The van der Waals surface area contributed by atoms with Gasteiger partial charge in [0.25, 0.3) is 0 Å². The number of amides is 2. The van der Waals surface area contributed by atoms with Crippen molar-refractivity contribution in [3.63, 3.8) is 0 Å². The van der Waals surface area contributed by atoms with Gasteiger partial charge in [0.15, 0.2) is 5.12 Å². The lowest BCUT2D eigenvalue weighted by atomic mass is 9.89. The highest BCUT2D eigenvalue weighted by Gasteiger charge is 2.44. The average Bonchev–Trinajstić information content (AvgIpc) is 2.94. The lowest BCUT2D eigenvalue weighted by Crippen LogP contribution is -2.56. The number of carbonyl (C=O) groups is 4. The fourth-order valence-electron chi connectivity index (χ4n) is 4.98. The van der Waals surface area contributed by atoms with Gasteiger partial charge in [-0.2, -0.15) is 0 Å². The van der Waals surface area contributed by atoms with Crippen molar-refractivity contribution in [1.82, 2.24) is 10.2 Å². The lowest BCUT2D eigenvalue weighted by Gasteiger charge is -2.40. The van der Waals surface area contributed by atoms with Crippen molar-refractivity contribution in [1.29, 1.82) is 0 Å². The zero-order chi connectivity index (χ0) is 24.2. The van der Waals surface area contributed by atoms with Crippen LogP contribution >= 0.6 is 11.8 Å². The molecule has 0 bridgehead atoms. The van der Waals surface area contributed by atoms with Crippen molar-refractivity contribution < 1.29 is 24.3 Å². The van der Waals surface area contributed by atoms with Gasteiger partial charge in [0, 0.05) is 13.3 Å². The molecule has 7 nitrogen and oxygen atoms in total. The second-order valence-electron chi connectivity index (χ2n) is 8.80. The molecule has 1 fully saturated rings. The first-order chi connectivity index (χ1) is 16.3. The first-order valence-corrected chi connectivity index (χ1v) is 12.4. The van der Waals surface area contributed by atoms with Gasteiger partial charge in [0.2, 0.25) is 11.8 Å². The molecule has 2 amide bonds. The third-order valence-electron chi connectivity index (χ3n) is 6.48. The highest BCUT2D eigenvalue weighted by atomic mass is 32.2. The molecule has 4 rings (SSSR count). The molecule has 178 valence electrons. The molecule has 0 saturated carbocycles. The predicted octanol–water partition coefficient (Wildman–Crippen LogP) is 3.13. The Bertz CT molecular complexity index is 1090. The van der Waals surface area contributed by atoms with E-state index in [1.807, 2.05) is 54.6 Å². The number of thioether (sulfide) groups is 1. The van der Waals surface area contributed by atoms with Crippen molar-refractivity contribution >= 4 is 34.7 Å². The number of rotatable bonds is 6. The van der Waals surface area contributed by atoms with Gasteiger partial charge in [0.1, 0.15) is 12.1 Å². The molecule has 2 aromatic rings. The van der Waals surface area contributed by atoms with Gasteiger partial charge >= 0.3 is 5.97 Å². The Balaban J connectivity index is 1.63. The van der Waals surface area contributed by atoms with Crippen LogP contribution in [0.3, 0.4) is 0 Å². The SMILES string of the molecule is CC(=O)SC(Cc1ccccc1)C(=O)N[C@H]1Cc2ccccc2C2CCC[C@@H](C(=O)O)N2C1=O. The normalized spacial score (nSPS) is 22.7. The van der Waals surface area contributed by atoms with E-state index >= 15 is 0 Å². The van der Waals surface area contributed by atoms with Crippen molar-refractivity contribution in [2.75, 3.05) is 0 Å². The standard InChI is InChI=1S/C26H28N2O5S/c1-16(29)34-23(14-17-8-3-2-4-9-17)24(30)27-20-15-18-10-5-6-11-19(18)21-12-7-13-22(26(32)33)28(21)25(20)31/h2-6,8-11,20-23H,7,12-15H2,1H3,(H,27,30)(H,32,33)/t20-,21?,22-,23?/m0/s1. The zero-order valence-corrected chi connectivity index (χ0v) is 19.8. The maximum absolute atomic E-state index is 13.7. The fraction of sp³-hybridized carbons (Fsp3) is 0.385. The Morgan fingerprint density at radius 1 is 1.09 bits per heavy atom. The van der Waals surface area contributed by atoms with Crippen LogP contribution < -0.4 is 5.32 Å². The molecule has 2 aliphatic heterocycles. The topological polar surface area (TPSA) is 104 Å². The minimum atomic E-state index is -1.03. The van der Waals surface area contributed by atoms with Gasteiger partial charge in [-0.25, -0.2) is 4.79 Å². The zero-order valence-electron chi connectivity index (χ0n) is 19.0. The minimum absolute atomic E-state index is 0.185. The van der Waals surface area contributed by atoms with Crippen LogP contribution in [-0.4, -0.2) is 50.2 Å². The molecule has 2 heterocycles. The van der Waals surface area contributed by atoms with E-state index < -0.39 is 29.2 Å². The molecule has 2 aromatic carbocycles. The van der Waals surface area contributed by atoms with E-state index in [0.29, 0.717) is 25.7 Å². The summed E-state index contributed by atoms with van der Waals surface area (Å²) in [6.07, 6.45) is 2.41. The number of hydrogen-bond donors (Lipinski definition) is 2. The molecule has 2 unspecified atom stereocenters. The molecule has 2 aliphatic rings. The van der Waals surface area contributed by atoms with Crippen LogP contribution in [0.15, 0.2) is 54.6 Å². The number of piperidine rings is 1. The maximum atomic E-state index is 13.7. The summed E-state index contributed by atoms with van der Waals surface area (Å²) in [6, 6.07) is 14.9. The van der Waals surface area contributed by atoms with Crippen molar-refractivity contribution in [3.8, 4) is 0 Å². The van der Waals surface area contributed by atoms with E-state index in [0.717, 1.165) is 28.5 Å². The summed E-state index contributed by atoms with van der Waals surface area (Å²) in [6.45, 7) is 1.42. The molecule has 0 radical (unpaired) electrons. The summed E-state index contributed by atoms with van der Waals surface area (Å²) in [7, 11) is 0. The van der Waals surface area contributed by atoms with Gasteiger partial charge < -0.3 is 15.3 Å². The van der Waals surface area contributed by atoms with Crippen LogP contribution in [-0.2, 0) is 32.0 Å². The van der Waals surface area contributed by atoms with Gasteiger partial charge in [-0.1, -0.05) is 66.4 Å². The minimum Gasteiger partial charge on any atom is -0.480 e. The summed E-state index contributed by atoms with van der Waals surface area (Å²) in [4.78, 5) is 52.4. The number of carboxylic acids is 1. The van der Waals surface area contributed by atoms with Gasteiger partial charge in [-0.3, -0.25) is 14.4 Å². The number of carboxylic acid groups (broad SMARTS) is 1. The van der Waals surface area contributed by atoms with E-state index in [4.69, 9.17) is 0 Å². The molecule has 0 aliphatic carbocycles. The summed E-state index contributed by atoms with van der Waals surface area (Å²) in [5, 5.41) is 11.8. The molecule has 1 saturated heterocycles. The Morgan fingerprint density at radius 3 is 2.50 bits per heavy atom.